The van der Waals surface area contributed by atoms with Crippen molar-refractivity contribution in [2.24, 2.45) is 0 Å². The van der Waals surface area contributed by atoms with Crippen molar-refractivity contribution in [3.63, 3.8) is 0 Å². The maximum Gasteiger partial charge on any atom is 0.131 e. The number of piperidine rings is 1. The molecule has 0 saturated carbocycles. The third-order valence-electron chi connectivity index (χ3n) is 6.11. The highest BCUT2D eigenvalue weighted by Crippen LogP contribution is 2.42. The van der Waals surface area contributed by atoms with Crippen LogP contribution in [0, 0.1) is 11.3 Å². The number of pyridine rings is 1. The van der Waals surface area contributed by atoms with E-state index >= 15 is 0 Å². The predicted octanol–water partition coefficient (Wildman–Crippen LogP) is 2.48. The van der Waals surface area contributed by atoms with Crippen LogP contribution in [0.1, 0.15) is 43.7 Å². The van der Waals surface area contributed by atoms with Gasteiger partial charge in [0.05, 0.1) is 24.1 Å². The molecule has 24 heavy (non-hydrogen) atoms. The number of rotatable bonds is 3. The van der Waals surface area contributed by atoms with Gasteiger partial charge in [0.25, 0.3) is 0 Å². The molecule has 3 aliphatic rings. The van der Waals surface area contributed by atoms with Gasteiger partial charge in [-0.2, -0.15) is 5.26 Å². The number of nitrogens with zero attached hydrogens (tertiary/aromatic N) is 5. The molecule has 6 heteroatoms. The maximum absolute atomic E-state index is 8.90. The van der Waals surface area contributed by atoms with Gasteiger partial charge < -0.3 is 9.88 Å². The van der Waals surface area contributed by atoms with Gasteiger partial charge in [-0.05, 0) is 32.1 Å². The number of nitriles is 1. The van der Waals surface area contributed by atoms with Crippen molar-refractivity contribution in [1.82, 2.24) is 19.4 Å². The molecule has 0 radical (unpaired) electrons. The second-order valence-electron chi connectivity index (χ2n) is 7.30. The Hall–Kier alpha value is -2.13. The van der Waals surface area contributed by atoms with Crippen LogP contribution >= 0.6 is 0 Å². The van der Waals surface area contributed by atoms with Crippen LogP contribution in [0.15, 0.2) is 12.5 Å². The van der Waals surface area contributed by atoms with Crippen molar-refractivity contribution in [2.45, 2.75) is 56.7 Å². The molecule has 3 atom stereocenters. The van der Waals surface area contributed by atoms with E-state index in [9.17, 15) is 0 Å². The lowest BCUT2D eigenvalue weighted by Gasteiger charge is -2.39. The fourth-order valence-corrected chi connectivity index (χ4v) is 5.08. The van der Waals surface area contributed by atoms with E-state index in [4.69, 9.17) is 5.26 Å². The number of imidazole rings is 1. The third-order valence-corrected chi connectivity index (χ3v) is 6.11. The minimum Gasteiger partial charge on any atom is -0.369 e. The number of hydrogen-bond donors (Lipinski definition) is 1. The van der Waals surface area contributed by atoms with Gasteiger partial charge in [0.2, 0.25) is 0 Å². The number of hydrogen-bond acceptors (Lipinski definition) is 5. The SMILES string of the molecule is N#CCCN1[C@@H]2CC[C@H]1CC(n1cnc3cnc4c(c31)CCN4)C2. The Kier molecular flexibility index (Phi) is 3.23. The van der Waals surface area contributed by atoms with Crippen LogP contribution in [-0.4, -0.2) is 44.6 Å². The van der Waals surface area contributed by atoms with Crippen molar-refractivity contribution < 1.29 is 0 Å². The van der Waals surface area contributed by atoms with E-state index in [1.165, 1.54) is 36.8 Å². The van der Waals surface area contributed by atoms with Crippen molar-refractivity contribution in [2.75, 3.05) is 18.4 Å². The fourth-order valence-electron chi connectivity index (χ4n) is 5.08. The van der Waals surface area contributed by atoms with Gasteiger partial charge in [0.15, 0.2) is 0 Å². The molecule has 2 aromatic heterocycles. The first-order valence-electron chi connectivity index (χ1n) is 9.06. The zero-order chi connectivity index (χ0) is 16.1. The Labute approximate surface area is 141 Å². The molecular weight excluding hydrogens is 300 g/mol. The Morgan fingerprint density at radius 3 is 2.83 bits per heavy atom. The molecule has 5 heterocycles. The Morgan fingerprint density at radius 1 is 1.21 bits per heavy atom. The van der Waals surface area contributed by atoms with Crippen LogP contribution < -0.4 is 5.32 Å². The number of fused-ring (bicyclic) bond motifs is 5. The lowest BCUT2D eigenvalue weighted by Crippen LogP contribution is -2.43. The van der Waals surface area contributed by atoms with E-state index in [1.807, 2.05) is 12.5 Å². The Balaban J connectivity index is 1.48. The summed E-state index contributed by atoms with van der Waals surface area (Å²) in [7, 11) is 0. The van der Waals surface area contributed by atoms with Crippen LogP contribution in [0.2, 0.25) is 0 Å². The number of aromatic nitrogens is 3. The zero-order valence-electron chi connectivity index (χ0n) is 13.8. The van der Waals surface area contributed by atoms with Crippen molar-refractivity contribution in [3.8, 4) is 6.07 Å². The first kappa shape index (κ1) is 14.2. The molecule has 0 amide bonds. The molecule has 1 N–H and O–H groups in total. The largest absolute Gasteiger partial charge is 0.369 e. The standard InChI is InChI=1S/C18H22N6/c19-5-1-7-23-12-2-3-13(23)9-14(8-12)24-11-22-16-10-21-18-15(17(16)24)4-6-20-18/h10-14H,1-4,6-9H2,(H,20,21)/t12-,13+,14?. The van der Waals surface area contributed by atoms with E-state index in [-0.39, 0.29) is 0 Å². The predicted molar refractivity (Wildman–Crippen MR) is 91.7 cm³/mol. The first-order valence-corrected chi connectivity index (χ1v) is 9.06. The molecule has 0 spiro atoms. The summed E-state index contributed by atoms with van der Waals surface area (Å²) in [4.78, 5) is 11.7. The summed E-state index contributed by atoms with van der Waals surface area (Å²) >= 11 is 0. The molecule has 6 nitrogen and oxygen atoms in total. The van der Waals surface area contributed by atoms with Gasteiger partial charge in [-0.1, -0.05) is 0 Å². The van der Waals surface area contributed by atoms with Crippen LogP contribution in [0.3, 0.4) is 0 Å². The second kappa shape index (κ2) is 5.45. The normalized spacial score (nSPS) is 28.7. The van der Waals surface area contributed by atoms with Crippen LogP contribution in [0.5, 0.6) is 0 Å². The summed E-state index contributed by atoms with van der Waals surface area (Å²) in [6.07, 6.45) is 10.5. The summed E-state index contributed by atoms with van der Waals surface area (Å²) in [6.45, 7) is 1.91. The molecule has 2 saturated heterocycles. The van der Waals surface area contributed by atoms with Gasteiger partial charge in [0, 0.05) is 43.2 Å². The van der Waals surface area contributed by atoms with Crippen LogP contribution in [-0.2, 0) is 6.42 Å². The fraction of sp³-hybridized carbons (Fsp3) is 0.611. The van der Waals surface area contributed by atoms with Gasteiger partial charge in [0.1, 0.15) is 11.3 Å². The van der Waals surface area contributed by atoms with E-state index in [0.29, 0.717) is 24.5 Å². The first-order chi connectivity index (χ1) is 11.8. The summed E-state index contributed by atoms with van der Waals surface area (Å²) in [6, 6.07) is 4.09. The lowest BCUT2D eigenvalue weighted by molar-refractivity contribution is 0.111. The summed E-state index contributed by atoms with van der Waals surface area (Å²) in [5, 5.41) is 12.3. The van der Waals surface area contributed by atoms with Crippen molar-refractivity contribution in [3.05, 3.63) is 18.1 Å². The molecule has 124 valence electrons. The molecule has 0 aromatic carbocycles. The quantitative estimate of drug-likeness (QED) is 0.940. The minimum absolute atomic E-state index is 0.526. The van der Waals surface area contributed by atoms with Gasteiger partial charge >= 0.3 is 0 Å². The van der Waals surface area contributed by atoms with E-state index in [2.05, 4.69) is 30.8 Å². The molecule has 1 unspecified atom stereocenters. The zero-order valence-corrected chi connectivity index (χ0v) is 13.8. The van der Waals surface area contributed by atoms with E-state index in [1.54, 1.807) is 0 Å². The highest BCUT2D eigenvalue weighted by Gasteiger charge is 2.41. The summed E-state index contributed by atoms with van der Waals surface area (Å²) < 4.78 is 2.43. The van der Waals surface area contributed by atoms with Gasteiger partial charge in [-0.25, -0.2) is 9.97 Å². The van der Waals surface area contributed by atoms with E-state index < -0.39 is 0 Å². The molecule has 2 aromatic rings. The second-order valence-corrected chi connectivity index (χ2v) is 7.30. The monoisotopic (exact) mass is 322 g/mol. The van der Waals surface area contributed by atoms with Gasteiger partial charge in [-0.3, -0.25) is 4.90 Å². The average Bonchev–Trinajstić information content (AvgIpc) is 3.28. The molecule has 5 rings (SSSR count). The van der Waals surface area contributed by atoms with Crippen molar-refractivity contribution >= 4 is 16.9 Å². The number of anilines is 1. The molecule has 2 bridgehead atoms. The Bertz CT molecular complexity index is 805. The summed E-state index contributed by atoms with van der Waals surface area (Å²) in [5.74, 6) is 1.04. The lowest BCUT2D eigenvalue weighted by atomic mass is 9.96. The highest BCUT2D eigenvalue weighted by molar-refractivity contribution is 5.83. The number of nitrogens with one attached hydrogen (secondary N) is 1. The van der Waals surface area contributed by atoms with E-state index in [0.717, 1.165) is 30.8 Å². The van der Waals surface area contributed by atoms with Gasteiger partial charge in [-0.15, -0.1) is 0 Å². The summed E-state index contributed by atoms with van der Waals surface area (Å²) in [5.41, 5.74) is 3.65. The van der Waals surface area contributed by atoms with Crippen LogP contribution in [0.4, 0.5) is 5.82 Å². The molecular formula is C18H22N6. The maximum atomic E-state index is 8.90. The third kappa shape index (κ3) is 2.04. The Morgan fingerprint density at radius 2 is 2.04 bits per heavy atom. The van der Waals surface area contributed by atoms with Crippen LogP contribution in [0.25, 0.3) is 11.0 Å². The molecule has 0 aliphatic carbocycles. The molecule has 3 aliphatic heterocycles. The van der Waals surface area contributed by atoms with Crippen molar-refractivity contribution in [1.29, 1.82) is 5.26 Å². The molecule has 2 fully saturated rings. The average molecular weight is 322 g/mol. The topological polar surface area (TPSA) is 69.8 Å². The smallest absolute Gasteiger partial charge is 0.131 e. The highest BCUT2D eigenvalue weighted by atomic mass is 15.2. The minimum atomic E-state index is 0.526.